The average molecular weight is 453 g/mol. The van der Waals surface area contributed by atoms with E-state index >= 15 is 0 Å². The second kappa shape index (κ2) is 9.73. The molecule has 1 aliphatic heterocycles. The number of benzene rings is 3. The van der Waals surface area contributed by atoms with Crippen LogP contribution in [0.15, 0.2) is 70.5 Å². The molecule has 168 valence electrons. The zero-order chi connectivity index (χ0) is 22.6. The van der Waals surface area contributed by atoms with Crippen molar-refractivity contribution in [2.75, 3.05) is 20.8 Å². The maximum atomic E-state index is 13.3. The molecular formula is C25H28N2O4S. The van der Waals surface area contributed by atoms with E-state index in [0.717, 1.165) is 41.0 Å². The Hall–Kier alpha value is -2.87. The molecule has 0 aliphatic carbocycles. The van der Waals surface area contributed by atoms with Gasteiger partial charge in [-0.1, -0.05) is 24.3 Å². The third kappa shape index (κ3) is 4.80. The number of hydrogen-bond acceptors (Lipinski definition) is 6. The van der Waals surface area contributed by atoms with Crippen molar-refractivity contribution in [2.45, 2.75) is 35.8 Å². The summed E-state index contributed by atoms with van der Waals surface area (Å²) in [5.74, 6) is 1.22. The van der Waals surface area contributed by atoms with Crippen LogP contribution in [0.1, 0.15) is 22.3 Å². The fraction of sp³-hybridized carbons (Fsp3) is 0.280. The zero-order valence-corrected chi connectivity index (χ0v) is 19.2. The van der Waals surface area contributed by atoms with Crippen LogP contribution in [0, 0.1) is 0 Å². The maximum absolute atomic E-state index is 13.3. The van der Waals surface area contributed by atoms with Gasteiger partial charge in [-0.25, -0.2) is 8.42 Å². The molecule has 0 spiro atoms. The number of nitrogens with one attached hydrogen (secondary N) is 2. The first-order chi connectivity index (χ1) is 15.5. The lowest BCUT2D eigenvalue weighted by atomic mass is 10.0. The lowest BCUT2D eigenvalue weighted by Crippen LogP contribution is -2.24. The minimum atomic E-state index is -3.69. The summed E-state index contributed by atoms with van der Waals surface area (Å²) in [4.78, 5) is 0.474. The summed E-state index contributed by atoms with van der Waals surface area (Å²) >= 11 is 0. The van der Waals surface area contributed by atoms with Crippen LogP contribution in [-0.4, -0.2) is 29.2 Å². The highest BCUT2D eigenvalue weighted by molar-refractivity contribution is 7.91. The van der Waals surface area contributed by atoms with E-state index in [1.165, 1.54) is 7.11 Å². The summed E-state index contributed by atoms with van der Waals surface area (Å²) in [5, 5.41) is 6.67. The van der Waals surface area contributed by atoms with Gasteiger partial charge in [0.1, 0.15) is 16.4 Å². The van der Waals surface area contributed by atoms with Crippen LogP contribution in [0.25, 0.3) is 0 Å². The molecule has 0 radical (unpaired) electrons. The summed E-state index contributed by atoms with van der Waals surface area (Å²) < 4.78 is 37.4. The van der Waals surface area contributed by atoms with E-state index in [1.54, 1.807) is 25.3 Å². The molecule has 3 aromatic carbocycles. The highest BCUT2D eigenvalue weighted by atomic mass is 32.2. The third-order valence-electron chi connectivity index (χ3n) is 5.69. The molecule has 4 rings (SSSR count). The standard InChI is InChI=1S/C25H28N2O4S/c1-30-22-5-3-4-19(12-22)16-27-15-18-6-8-23(9-7-18)32(28,29)25-14-21-17-26-11-10-20(21)13-24(25)31-2/h3-9,12-14,26-27H,10-11,15-17H2,1-2H3. The Labute approximate surface area is 189 Å². The molecule has 3 aromatic rings. The number of methoxy groups -OCH3 is 2. The summed E-state index contributed by atoms with van der Waals surface area (Å²) in [6, 6.07) is 18.5. The Morgan fingerprint density at radius 3 is 2.44 bits per heavy atom. The van der Waals surface area contributed by atoms with Gasteiger partial charge in [0.2, 0.25) is 9.84 Å². The summed E-state index contributed by atoms with van der Waals surface area (Å²) in [6.07, 6.45) is 0.865. The van der Waals surface area contributed by atoms with Crippen LogP contribution in [-0.2, 0) is 35.9 Å². The van der Waals surface area contributed by atoms with E-state index < -0.39 is 9.84 Å². The Balaban J connectivity index is 1.48. The van der Waals surface area contributed by atoms with Crippen LogP contribution >= 0.6 is 0 Å². The van der Waals surface area contributed by atoms with Gasteiger partial charge in [-0.2, -0.15) is 0 Å². The van der Waals surface area contributed by atoms with E-state index in [4.69, 9.17) is 9.47 Å². The number of sulfone groups is 1. The Kier molecular flexibility index (Phi) is 6.79. The van der Waals surface area contributed by atoms with E-state index in [2.05, 4.69) is 10.6 Å². The molecule has 1 heterocycles. The Morgan fingerprint density at radius 1 is 0.906 bits per heavy atom. The van der Waals surface area contributed by atoms with Crippen LogP contribution in [0.2, 0.25) is 0 Å². The fourth-order valence-corrected chi connectivity index (χ4v) is 5.36. The van der Waals surface area contributed by atoms with E-state index in [0.29, 0.717) is 25.4 Å². The van der Waals surface area contributed by atoms with Crippen molar-refractivity contribution in [3.05, 3.63) is 82.9 Å². The molecule has 0 atom stereocenters. The second-order valence-electron chi connectivity index (χ2n) is 7.80. The summed E-state index contributed by atoms with van der Waals surface area (Å²) in [7, 11) is -0.526. The first kappa shape index (κ1) is 22.3. The van der Waals surface area contributed by atoms with Gasteiger partial charge >= 0.3 is 0 Å². The van der Waals surface area contributed by atoms with Gasteiger partial charge in [0, 0.05) is 19.6 Å². The average Bonchev–Trinajstić information content (AvgIpc) is 2.83. The minimum absolute atomic E-state index is 0.214. The highest BCUT2D eigenvalue weighted by Gasteiger charge is 2.25. The number of hydrogen-bond donors (Lipinski definition) is 2. The molecule has 32 heavy (non-hydrogen) atoms. The van der Waals surface area contributed by atoms with Gasteiger partial charge in [-0.05, 0) is 71.6 Å². The predicted molar refractivity (Wildman–Crippen MR) is 124 cm³/mol. The van der Waals surface area contributed by atoms with Crippen molar-refractivity contribution in [1.82, 2.24) is 10.6 Å². The molecule has 7 heteroatoms. The van der Waals surface area contributed by atoms with Crippen molar-refractivity contribution < 1.29 is 17.9 Å². The molecular weight excluding hydrogens is 424 g/mol. The summed E-state index contributed by atoms with van der Waals surface area (Å²) in [6.45, 7) is 2.87. The topological polar surface area (TPSA) is 76.7 Å². The number of ether oxygens (including phenoxy) is 2. The van der Waals surface area contributed by atoms with Crippen molar-refractivity contribution in [1.29, 1.82) is 0 Å². The van der Waals surface area contributed by atoms with Gasteiger partial charge in [0.05, 0.1) is 19.1 Å². The molecule has 0 aromatic heterocycles. The smallest absolute Gasteiger partial charge is 0.210 e. The van der Waals surface area contributed by atoms with Crippen molar-refractivity contribution in [3.63, 3.8) is 0 Å². The van der Waals surface area contributed by atoms with Gasteiger partial charge in [0.25, 0.3) is 0 Å². The molecule has 0 unspecified atom stereocenters. The molecule has 6 nitrogen and oxygen atoms in total. The van der Waals surface area contributed by atoms with Crippen LogP contribution < -0.4 is 20.1 Å². The molecule has 0 fully saturated rings. The fourth-order valence-electron chi connectivity index (χ4n) is 3.90. The lowest BCUT2D eigenvalue weighted by molar-refractivity contribution is 0.401. The van der Waals surface area contributed by atoms with Crippen LogP contribution in [0.4, 0.5) is 0 Å². The first-order valence-corrected chi connectivity index (χ1v) is 12.1. The van der Waals surface area contributed by atoms with E-state index in [-0.39, 0.29) is 9.79 Å². The molecule has 1 aliphatic rings. The van der Waals surface area contributed by atoms with Gasteiger partial charge in [-0.15, -0.1) is 0 Å². The van der Waals surface area contributed by atoms with Crippen LogP contribution in [0.5, 0.6) is 11.5 Å². The van der Waals surface area contributed by atoms with Crippen LogP contribution in [0.3, 0.4) is 0 Å². The number of fused-ring (bicyclic) bond motifs is 1. The van der Waals surface area contributed by atoms with Crippen molar-refractivity contribution >= 4 is 9.84 Å². The predicted octanol–water partition coefficient (Wildman–Crippen LogP) is 3.47. The van der Waals surface area contributed by atoms with E-state index in [1.807, 2.05) is 42.5 Å². The molecule has 0 bridgehead atoms. The Morgan fingerprint density at radius 2 is 1.69 bits per heavy atom. The second-order valence-corrected chi connectivity index (χ2v) is 9.72. The summed E-state index contributed by atoms with van der Waals surface area (Å²) in [5.41, 5.74) is 4.27. The zero-order valence-electron chi connectivity index (χ0n) is 18.4. The quantitative estimate of drug-likeness (QED) is 0.545. The minimum Gasteiger partial charge on any atom is -0.497 e. The molecule has 0 saturated heterocycles. The van der Waals surface area contributed by atoms with Gasteiger partial charge in [-0.3, -0.25) is 0 Å². The highest BCUT2D eigenvalue weighted by Crippen LogP contribution is 2.33. The Bertz CT molecular complexity index is 1190. The normalized spacial score (nSPS) is 13.4. The van der Waals surface area contributed by atoms with Gasteiger partial charge < -0.3 is 20.1 Å². The molecule has 0 amide bonds. The monoisotopic (exact) mass is 452 g/mol. The first-order valence-electron chi connectivity index (χ1n) is 10.6. The molecule has 2 N–H and O–H groups in total. The largest absolute Gasteiger partial charge is 0.497 e. The van der Waals surface area contributed by atoms with E-state index in [9.17, 15) is 8.42 Å². The van der Waals surface area contributed by atoms with Crippen molar-refractivity contribution in [3.8, 4) is 11.5 Å². The lowest BCUT2D eigenvalue weighted by Gasteiger charge is -2.20. The van der Waals surface area contributed by atoms with Crippen molar-refractivity contribution in [2.24, 2.45) is 0 Å². The molecule has 0 saturated carbocycles. The SMILES string of the molecule is COc1cccc(CNCc2ccc(S(=O)(=O)c3cc4c(cc3OC)CCNC4)cc2)c1. The third-order valence-corrected chi connectivity index (χ3v) is 7.48. The maximum Gasteiger partial charge on any atom is 0.210 e. The van der Waals surface area contributed by atoms with Gasteiger partial charge in [0.15, 0.2) is 0 Å². The number of rotatable bonds is 8.